The summed E-state index contributed by atoms with van der Waals surface area (Å²) in [7, 11) is 0. The molecule has 3 aromatic carbocycles. The van der Waals surface area contributed by atoms with E-state index in [1.54, 1.807) is 48.5 Å². The molecular weight excluding hydrogens is 458 g/mol. The van der Waals surface area contributed by atoms with Crippen molar-refractivity contribution in [3.05, 3.63) is 95.6 Å². The Bertz CT molecular complexity index is 1120. The first-order chi connectivity index (χ1) is 17.0. The van der Waals surface area contributed by atoms with E-state index in [1.807, 2.05) is 37.3 Å². The van der Waals surface area contributed by atoms with Crippen molar-refractivity contribution in [1.82, 2.24) is 10.6 Å². The molecule has 0 aliphatic carbocycles. The number of benzene rings is 3. The SMILES string of the molecule is CCCCCOc1ccc(C(=O)NC(=S)Nc2ccc(C(=O)NC(C)c3ccccc3)cc2)cc1. The molecule has 0 aliphatic heterocycles. The number of hydrogen-bond donors (Lipinski definition) is 3. The lowest BCUT2D eigenvalue weighted by Gasteiger charge is -2.15. The molecule has 3 rings (SSSR count). The summed E-state index contributed by atoms with van der Waals surface area (Å²) >= 11 is 5.27. The van der Waals surface area contributed by atoms with Gasteiger partial charge in [-0.3, -0.25) is 14.9 Å². The molecule has 1 unspecified atom stereocenters. The Morgan fingerprint density at radius 1 is 0.857 bits per heavy atom. The number of rotatable bonds is 10. The van der Waals surface area contributed by atoms with Crippen molar-refractivity contribution in [3.8, 4) is 5.75 Å². The molecule has 0 aliphatic rings. The minimum absolute atomic E-state index is 0.106. The first kappa shape index (κ1) is 25.9. The zero-order valence-electron chi connectivity index (χ0n) is 20.0. The highest BCUT2D eigenvalue weighted by molar-refractivity contribution is 7.80. The predicted octanol–water partition coefficient (Wildman–Crippen LogP) is 5.87. The van der Waals surface area contributed by atoms with Crippen molar-refractivity contribution in [2.75, 3.05) is 11.9 Å². The maximum atomic E-state index is 12.6. The van der Waals surface area contributed by atoms with Gasteiger partial charge in [0, 0.05) is 16.8 Å². The Labute approximate surface area is 212 Å². The number of ether oxygens (including phenoxy) is 1. The van der Waals surface area contributed by atoms with Crippen molar-refractivity contribution < 1.29 is 14.3 Å². The highest BCUT2D eigenvalue weighted by Crippen LogP contribution is 2.15. The molecule has 7 heteroatoms. The van der Waals surface area contributed by atoms with Gasteiger partial charge in [0.25, 0.3) is 11.8 Å². The monoisotopic (exact) mass is 489 g/mol. The van der Waals surface area contributed by atoms with Crippen LogP contribution >= 0.6 is 12.2 Å². The number of amides is 2. The van der Waals surface area contributed by atoms with Gasteiger partial charge in [-0.15, -0.1) is 0 Å². The van der Waals surface area contributed by atoms with E-state index in [-0.39, 0.29) is 23.0 Å². The van der Waals surface area contributed by atoms with Gasteiger partial charge in [0.15, 0.2) is 5.11 Å². The van der Waals surface area contributed by atoms with E-state index in [1.165, 1.54) is 0 Å². The second-order valence-electron chi connectivity index (χ2n) is 8.17. The molecule has 0 saturated heterocycles. The Morgan fingerprint density at radius 2 is 1.49 bits per heavy atom. The van der Waals surface area contributed by atoms with Crippen LogP contribution in [0.5, 0.6) is 5.75 Å². The average molecular weight is 490 g/mol. The number of anilines is 1. The molecule has 0 aromatic heterocycles. The van der Waals surface area contributed by atoms with Gasteiger partial charge in [-0.25, -0.2) is 0 Å². The Hall–Kier alpha value is -3.71. The summed E-state index contributed by atoms with van der Waals surface area (Å²) in [5.41, 5.74) is 2.72. The molecular formula is C28H31N3O3S. The fourth-order valence-electron chi connectivity index (χ4n) is 3.39. The molecule has 6 nitrogen and oxygen atoms in total. The van der Waals surface area contributed by atoms with Gasteiger partial charge in [0.2, 0.25) is 0 Å². The minimum atomic E-state index is -0.314. The van der Waals surface area contributed by atoms with Gasteiger partial charge in [-0.2, -0.15) is 0 Å². The summed E-state index contributed by atoms with van der Waals surface area (Å²) in [5.74, 6) is 0.258. The Morgan fingerprint density at radius 3 is 2.14 bits per heavy atom. The van der Waals surface area contributed by atoms with Crippen LogP contribution in [-0.2, 0) is 0 Å². The van der Waals surface area contributed by atoms with Gasteiger partial charge in [-0.05, 0) is 79.7 Å². The van der Waals surface area contributed by atoms with Gasteiger partial charge in [0.1, 0.15) is 5.75 Å². The minimum Gasteiger partial charge on any atom is -0.494 e. The number of carbonyl (C=O) groups excluding carboxylic acids is 2. The van der Waals surface area contributed by atoms with Crippen molar-refractivity contribution in [1.29, 1.82) is 0 Å². The van der Waals surface area contributed by atoms with Gasteiger partial charge in [0.05, 0.1) is 12.6 Å². The first-order valence-corrected chi connectivity index (χ1v) is 12.2. The molecule has 1 atom stereocenters. The number of unbranched alkanes of at least 4 members (excludes halogenated alkanes) is 2. The predicted molar refractivity (Wildman–Crippen MR) is 144 cm³/mol. The molecule has 2 amide bonds. The Kier molecular flexibility index (Phi) is 9.80. The maximum absolute atomic E-state index is 12.6. The van der Waals surface area contributed by atoms with Crippen LogP contribution in [0, 0.1) is 0 Å². The average Bonchev–Trinajstić information content (AvgIpc) is 2.87. The zero-order valence-corrected chi connectivity index (χ0v) is 20.9. The topological polar surface area (TPSA) is 79.5 Å². The fourth-order valence-corrected chi connectivity index (χ4v) is 3.60. The molecule has 0 fully saturated rings. The highest BCUT2D eigenvalue weighted by Gasteiger charge is 2.12. The second kappa shape index (κ2) is 13.2. The second-order valence-corrected chi connectivity index (χ2v) is 8.58. The number of nitrogens with one attached hydrogen (secondary N) is 3. The lowest BCUT2D eigenvalue weighted by atomic mass is 10.1. The molecule has 0 saturated carbocycles. The summed E-state index contributed by atoms with van der Waals surface area (Å²) < 4.78 is 5.67. The van der Waals surface area contributed by atoms with Crippen LogP contribution in [0.3, 0.4) is 0 Å². The van der Waals surface area contributed by atoms with Crippen LogP contribution in [0.25, 0.3) is 0 Å². The van der Waals surface area contributed by atoms with Gasteiger partial charge < -0.3 is 15.4 Å². The van der Waals surface area contributed by atoms with E-state index in [0.29, 0.717) is 23.4 Å². The highest BCUT2D eigenvalue weighted by atomic mass is 32.1. The summed E-state index contributed by atoms with van der Waals surface area (Å²) in [6.07, 6.45) is 3.29. The van der Waals surface area contributed by atoms with Crippen LogP contribution in [0.2, 0.25) is 0 Å². The standard InChI is InChI=1S/C28H31N3O3S/c1-3-4-8-19-34-25-17-13-23(14-18-25)27(33)31-28(35)30-24-15-11-22(12-16-24)26(32)29-20(2)21-9-6-5-7-10-21/h5-7,9-18,20H,3-4,8,19H2,1-2H3,(H,29,32)(H2,30,31,33,35). The lowest BCUT2D eigenvalue weighted by Crippen LogP contribution is -2.34. The van der Waals surface area contributed by atoms with E-state index in [2.05, 4.69) is 22.9 Å². The molecule has 0 bridgehead atoms. The quantitative estimate of drug-likeness (QED) is 0.245. The first-order valence-electron chi connectivity index (χ1n) is 11.8. The van der Waals surface area contributed by atoms with Crippen LogP contribution in [0.4, 0.5) is 5.69 Å². The zero-order chi connectivity index (χ0) is 25.0. The van der Waals surface area contributed by atoms with Gasteiger partial charge in [-0.1, -0.05) is 50.1 Å². The molecule has 182 valence electrons. The molecule has 0 heterocycles. The van der Waals surface area contributed by atoms with Crippen molar-refractivity contribution in [2.45, 2.75) is 39.2 Å². The van der Waals surface area contributed by atoms with Crippen LogP contribution in [-0.4, -0.2) is 23.5 Å². The molecule has 35 heavy (non-hydrogen) atoms. The van der Waals surface area contributed by atoms with E-state index >= 15 is 0 Å². The largest absolute Gasteiger partial charge is 0.494 e. The molecule has 0 radical (unpaired) electrons. The van der Waals surface area contributed by atoms with Crippen molar-refractivity contribution in [2.24, 2.45) is 0 Å². The fraction of sp³-hybridized carbons (Fsp3) is 0.250. The maximum Gasteiger partial charge on any atom is 0.257 e. The third-order valence-corrected chi connectivity index (χ3v) is 5.62. The van der Waals surface area contributed by atoms with Crippen molar-refractivity contribution in [3.63, 3.8) is 0 Å². The third-order valence-electron chi connectivity index (χ3n) is 5.41. The summed E-state index contributed by atoms with van der Waals surface area (Å²) in [6, 6.07) is 23.5. The Balaban J connectivity index is 1.47. The van der Waals surface area contributed by atoms with Crippen LogP contribution < -0.4 is 20.7 Å². The van der Waals surface area contributed by atoms with Crippen LogP contribution in [0.15, 0.2) is 78.9 Å². The molecule has 3 N–H and O–H groups in total. The lowest BCUT2D eigenvalue weighted by molar-refractivity contribution is 0.0938. The normalized spacial score (nSPS) is 11.3. The molecule has 0 spiro atoms. The van der Waals surface area contributed by atoms with Gasteiger partial charge >= 0.3 is 0 Å². The van der Waals surface area contributed by atoms with Crippen molar-refractivity contribution >= 4 is 34.8 Å². The van der Waals surface area contributed by atoms with E-state index in [0.717, 1.165) is 30.6 Å². The summed E-state index contributed by atoms with van der Waals surface area (Å²) in [5, 5.41) is 8.79. The van der Waals surface area contributed by atoms with E-state index in [4.69, 9.17) is 17.0 Å². The smallest absolute Gasteiger partial charge is 0.257 e. The summed E-state index contributed by atoms with van der Waals surface area (Å²) in [6.45, 7) is 4.76. The number of hydrogen-bond acceptors (Lipinski definition) is 4. The number of carbonyl (C=O) groups is 2. The molecule has 3 aromatic rings. The summed E-state index contributed by atoms with van der Waals surface area (Å²) in [4.78, 5) is 25.0. The van der Waals surface area contributed by atoms with E-state index < -0.39 is 0 Å². The van der Waals surface area contributed by atoms with Crippen LogP contribution in [0.1, 0.15) is 65.4 Å². The third kappa shape index (κ3) is 8.22. The van der Waals surface area contributed by atoms with E-state index in [9.17, 15) is 9.59 Å². The number of thiocarbonyl (C=S) groups is 1.